The fourth-order valence-electron chi connectivity index (χ4n) is 2.39. The smallest absolute Gasteiger partial charge is 0.00841 e. The van der Waals surface area contributed by atoms with Gasteiger partial charge in [0.1, 0.15) is 0 Å². The fourth-order valence-corrected chi connectivity index (χ4v) is 3.45. The second-order valence-electron chi connectivity index (χ2n) is 4.18. The van der Waals surface area contributed by atoms with Crippen LogP contribution in [-0.4, -0.2) is 11.0 Å². The minimum Gasteiger partial charge on any atom is -0.159 e. The zero-order valence-corrected chi connectivity index (χ0v) is 10.2. The zero-order chi connectivity index (χ0) is 9.84. The summed E-state index contributed by atoms with van der Waals surface area (Å²) in [7, 11) is 0. The lowest BCUT2D eigenvalue weighted by Gasteiger charge is -2.20. The molecule has 0 amide bonds. The van der Waals surface area contributed by atoms with Crippen LogP contribution in [-0.2, 0) is 0 Å². The van der Waals surface area contributed by atoms with Crippen LogP contribution in [0.5, 0.6) is 0 Å². The van der Waals surface area contributed by atoms with Crippen LogP contribution < -0.4 is 0 Å². The normalized spacial score (nSPS) is 24.9. The molecule has 1 heteroatoms. The molecule has 13 heavy (non-hydrogen) atoms. The summed E-state index contributed by atoms with van der Waals surface area (Å²) in [6.45, 7) is 9.21. The third-order valence-corrected chi connectivity index (χ3v) is 4.23. The lowest BCUT2D eigenvalue weighted by Crippen LogP contribution is -2.13. The minimum absolute atomic E-state index is 0.831. The van der Waals surface area contributed by atoms with Crippen molar-refractivity contribution in [2.45, 2.75) is 52.2 Å². The first kappa shape index (κ1) is 11.2. The SMILES string of the molecule is CCSC(C)C1CCCC1=C(C)C. The standard InChI is InChI=1S/C12H22S/c1-5-13-10(4)12-8-6-7-11(12)9(2)3/h10,12H,5-8H2,1-4H3. The van der Waals surface area contributed by atoms with Crippen LogP contribution in [0.15, 0.2) is 11.1 Å². The van der Waals surface area contributed by atoms with E-state index in [9.17, 15) is 0 Å². The summed E-state index contributed by atoms with van der Waals surface area (Å²) < 4.78 is 0. The molecule has 1 aliphatic carbocycles. The Bertz CT molecular complexity index is 189. The van der Waals surface area contributed by atoms with Gasteiger partial charge in [0, 0.05) is 5.25 Å². The van der Waals surface area contributed by atoms with Crippen molar-refractivity contribution >= 4 is 11.8 Å². The number of allylic oxidation sites excluding steroid dienone is 2. The van der Waals surface area contributed by atoms with Crippen molar-refractivity contribution in [1.29, 1.82) is 0 Å². The zero-order valence-electron chi connectivity index (χ0n) is 9.39. The van der Waals surface area contributed by atoms with Gasteiger partial charge in [0.15, 0.2) is 0 Å². The molecule has 0 saturated heterocycles. The lowest BCUT2D eigenvalue weighted by atomic mass is 9.96. The Balaban J connectivity index is 2.63. The Morgan fingerprint density at radius 3 is 2.77 bits per heavy atom. The molecular formula is C12H22S. The molecule has 0 radical (unpaired) electrons. The van der Waals surface area contributed by atoms with Gasteiger partial charge >= 0.3 is 0 Å². The van der Waals surface area contributed by atoms with Gasteiger partial charge in [-0.1, -0.05) is 25.0 Å². The van der Waals surface area contributed by atoms with Crippen molar-refractivity contribution in [3.8, 4) is 0 Å². The fraction of sp³-hybridized carbons (Fsp3) is 0.833. The van der Waals surface area contributed by atoms with Gasteiger partial charge in [-0.3, -0.25) is 0 Å². The van der Waals surface area contributed by atoms with Gasteiger partial charge in [0.05, 0.1) is 0 Å². The second-order valence-corrected chi connectivity index (χ2v) is 5.84. The van der Waals surface area contributed by atoms with Crippen molar-refractivity contribution in [3.05, 3.63) is 11.1 Å². The number of hydrogen-bond acceptors (Lipinski definition) is 1. The Hall–Kier alpha value is 0.0900. The van der Waals surface area contributed by atoms with Crippen LogP contribution in [0.4, 0.5) is 0 Å². The maximum absolute atomic E-state index is 2.40. The summed E-state index contributed by atoms with van der Waals surface area (Å²) in [5.41, 5.74) is 3.33. The van der Waals surface area contributed by atoms with Crippen molar-refractivity contribution < 1.29 is 0 Å². The largest absolute Gasteiger partial charge is 0.159 e. The van der Waals surface area contributed by atoms with E-state index in [1.165, 1.54) is 25.0 Å². The first-order valence-electron chi connectivity index (χ1n) is 5.44. The van der Waals surface area contributed by atoms with Crippen molar-refractivity contribution in [2.75, 3.05) is 5.75 Å². The van der Waals surface area contributed by atoms with E-state index in [1.54, 1.807) is 11.1 Å². The molecule has 0 bridgehead atoms. The van der Waals surface area contributed by atoms with Crippen LogP contribution in [0.2, 0.25) is 0 Å². The Labute approximate surface area is 87.2 Å². The quantitative estimate of drug-likeness (QED) is 0.610. The van der Waals surface area contributed by atoms with E-state index in [1.807, 2.05) is 0 Å². The summed E-state index contributed by atoms with van der Waals surface area (Å²) in [5.74, 6) is 2.14. The molecule has 0 aromatic carbocycles. The summed E-state index contributed by atoms with van der Waals surface area (Å²) in [5, 5.41) is 0.831. The summed E-state index contributed by atoms with van der Waals surface area (Å²) >= 11 is 2.12. The van der Waals surface area contributed by atoms with Gasteiger partial charge in [0.25, 0.3) is 0 Å². The van der Waals surface area contributed by atoms with E-state index in [4.69, 9.17) is 0 Å². The summed E-state index contributed by atoms with van der Waals surface area (Å²) in [6.07, 6.45) is 4.20. The second kappa shape index (κ2) is 5.09. The van der Waals surface area contributed by atoms with Crippen molar-refractivity contribution in [3.63, 3.8) is 0 Å². The average molecular weight is 198 g/mol. The summed E-state index contributed by atoms with van der Waals surface area (Å²) in [6, 6.07) is 0. The van der Waals surface area contributed by atoms with Gasteiger partial charge in [-0.2, -0.15) is 11.8 Å². The van der Waals surface area contributed by atoms with Gasteiger partial charge in [-0.25, -0.2) is 0 Å². The van der Waals surface area contributed by atoms with Crippen molar-refractivity contribution in [1.82, 2.24) is 0 Å². The molecule has 2 atom stereocenters. The van der Waals surface area contributed by atoms with Crippen LogP contribution in [0.25, 0.3) is 0 Å². The van der Waals surface area contributed by atoms with Crippen molar-refractivity contribution in [2.24, 2.45) is 5.92 Å². The molecule has 0 nitrogen and oxygen atoms in total. The third-order valence-electron chi connectivity index (χ3n) is 3.05. The molecule has 1 aliphatic rings. The predicted octanol–water partition coefficient (Wildman–Crippen LogP) is 4.26. The number of rotatable bonds is 3. The van der Waals surface area contributed by atoms with Crippen LogP contribution >= 0.6 is 11.8 Å². The molecule has 2 unspecified atom stereocenters. The third kappa shape index (κ3) is 2.77. The molecule has 0 heterocycles. The van der Waals surface area contributed by atoms with Crippen LogP contribution in [0.1, 0.15) is 47.0 Å². The van der Waals surface area contributed by atoms with Gasteiger partial charge in [-0.15, -0.1) is 0 Å². The van der Waals surface area contributed by atoms with E-state index < -0.39 is 0 Å². The first-order chi connectivity index (χ1) is 6.16. The molecule has 0 N–H and O–H groups in total. The Kier molecular flexibility index (Phi) is 4.37. The lowest BCUT2D eigenvalue weighted by molar-refractivity contribution is 0.616. The molecule has 1 fully saturated rings. The van der Waals surface area contributed by atoms with E-state index in [0.717, 1.165) is 11.2 Å². The van der Waals surface area contributed by atoms with Gasteiger partial charge in [0.2, 0.25) is 0 Å². The van der Waals surface area contributed by atoms with E-state index in [0.29, 0.717) is 0 Å². The highest BCUT2D eigenvalue weighted by atomic mass is 32.2. The summed E-state index contributed by atoms with van der Waals surface area (Å²) in [4.78, 5) is 0. The topological polar surface area (TPSA) is 0 Å². The number of hydrogen-bond donors (Lipinski definition) is 0. The van der Waals surface area contributed by atoms with Crippen LogP contribution in [0, 0.1) is 5.92 Å². The van der Waals surface area contributed by atoms with Gasteiger partial charge < -0.3 is 0 Å². The Morgan fingerprint density at radius 2 is 2.23 bits per heavy atom. The minimum atomic E-state index is 0.831. The van der Waals surface area contributed by atoms with E-state index >= 15 is 0 Å². The number of thioether (sulfide) groups is 1. The van der Waals surface area contributed by atoms with Crippen LogP contribution in [0.3, 0.4) is 0 Å². The highest BCUT2D eigenvalue weighted by Crippen LogP contribution is 2.39. The highest BCUT2D eigenvalue weighted by Gasteiger charge is 2.26. The molecule has 76 valence electrons. The maximum Gasteiger partial charge on any atom is 0.00841 e. The molecule has 0 aromatic rings. The molecule has 0 aliphatic heterocycles. The molecule has 0 spiro atoms. The predicted molar refractivity (Wildman–Crippen MR) is 63.3 cm³/mol. The Morgan fingerprint density at radius 1 is 1.54 bits per heavy atom. The van der Waals surface area contributed by atoms with E-state index in [2.05, 4.69) is 39.5 Å². The highest BCUT2D eigenvalue weighted by molar-refractivity contribution is 7.99. The first-order valence-corrected chi connectivity index (χ1v) is 6.49. The molecule has 0 aromatic heterocycles. The molecular weight excluding hydrogens is 176 g/mol. The van der Waals surface area contributed by atoms with E-state index in [-0.39, 0.29) is 0 Å². The maximum atomic E-state index is 2.40. The average Bonchev–Trinajstić information content (AvgIpc) is 2.52. The molecule has 1 rings (SSSR count). The van der Waals surface area contributed by atoms with Gasteiger partial charge in [-0.05, 0) is 44.8 Å². The molecule has 1 saturated carbocycles. The monoisotopic (exact) mass is 198 g/mol.